The van der Waals surface area contributed by atoms with Gasteiger partial charge in [0.15, 0.2) is 0 Å². The summed E-state index contributed by atoms with van der Waals surface area (Å²) in [5.74, 6) is 0.841. The second-order valence-electron chi connectivity index (χ2n) is 8.15. The second kappa shape index (κ2) is 9.04. The van der Waals surface area contributed by atoms with Crippen LogP contribution in [-0.2, 0) is 4.74 Å². The number of ether oxygens (including phenoxy) is 2. The first-order valence-electron chi connectivity index (χ1n) is 10.9. The number of phenols is 1. The van der Waals surface area contributed by atoms with E-state index in [4.69, 9.17) is 9.47 Å². The van der Waals surface area contributed by atoms with Crippen LogP contribution in [0.4, 0.5) is 0 Å². The number of H-pyrrole nitrogens is 1. The Labute approximate surface area is 188 Å². The summed E-state index contributed by atoms with van der Waals surface area (Å²) in [6.45, 7) is 7.42. The van der Waals surface area contributed by atoms with Crippen molar-refractivity contribution in [1.82, 2.24) is 15.1 Å². The van der Waals surface area contributed by atoms with Gasteiger partial charge in [-0.3, -0.25) is 9.89 Å². The quantitative estimate of drug-likeness (QED) is 0.548. The topological polar surface area (TPSA) is 87.7 Å². The summed E-state index contributed by atoms with van der Waals surface area (Å²) in [5, 5.41) is 18.2. The van der Waals surface area contributed by atoms with Crippen LogP contribution in [0.3, 0.4) is 0 Å². The fourth-order valence-electron chi connectivity index (χ4n) is 4.28. The van der Waals surface area contributed by atoms with Crippen molar-refractivity contribution in [3.8, 4) is 22.8 Å². The minimum absolute atomic E-state index is 0.129. The molecule has 0 saturated carbocycles. The smallest absolute Gasteiger partial charge is 0.273 e. The lowest BCUT2D eigenvalue weighted by Crippen LogP contribution is -2.32. The third-order valence-electron chi connectivity index (χ3n) is 5.77. The van der Waals surface area contributed by atoms with E-state index in [1.807, 2.05) is 50.2 Å². The van der Waals surface area contributed by atoms with Crippen LogP contribution in [0.25, 0.3) is 11.3 Å². The van der Waals surface area contributed by atoms with Crippen molar-refractivity contribution in [3.63, 3.8) is 0 Å². The van der Waals surface area contributed by atoms with Gasteiger partial charge in [0.2, 0.25) is 0 Å². The molecule has 1 atom stereocenters. The maximum absolute atomic E-state index is 13.3. The number of aryl methyl sites for hydroxylation is 2. The number of hydrogen-bond donors (Lipinski definition) is 2. The van der Waals surface area contributed by atoms with Crippen LogP contribution in [0, 0.1) is 13.8 Å². The summed E-state index contributed by atoms with van der Waals surface area (Å²) in [6, 6.07) is 11.3. The van der Waals surface area contributed by atoms with Crippen LogP contribution < -0.4 is 4.74 Å². The molecule has 0 fully saturated rings. The van der Waals surface area contributed by atoms with E-state index in [0.29, 0.717) is 36.7 Å². The number of fused-ring (bicyclic) bond motifs is 1. The number of benzene rings is 2. The zero-order valence-electron chi connectivity index (χ0n) is 18.9. The van der Waals surface area contributed by atoms with Gasteiger partial charge in [-0.2, -0.15) is 5.10 Å². The summed E-state index contributed by atoms with van der Waals surface area (Å²) < 4.78 is 11.0. The average Bonchev–Trinajstić information content (AvgIpc) is 3.32. The molecule has 2 heterocycles. The van der Waals surface area contributed by atoms with Gasteiger partial charge in [-0.05, 0) is 55.2 Å². The molecule has 1 aromatic heterocycles. The molecule has 2 aromatic carbocycles. The summed E-state index contributed by atoms with van der Waals surface area (Å²) in [5.41, 5.74) is 5.17. The molecule has 1 amide bonds. The van der Waals surface area contributed by atoms with Gasteiger partial charge >= 0.3 is 0 Å². The number of phenolic OH excluding ortho intramolecular Hbond substituents is 1. The molecule has 7 heteroatoms. The highest BCUT2D eigenvalue weighted by molar-refractivity contribution is 6.00. The van der Waals surface area contributed by atoms with E-state index >= 15 is 0 Å². The van der Waals surface area contributed by atoms with Crippen molar-refractivity contribution >= 4 is 5.91 Å². The Morgan fingerprint density at radius 1 is 1.16 bits per heavy atom. The maximum Gasteiger partial charge on any atom is 0.273 e. The fourth-order valence-corrected chi connectivity index (χ4v) is 4.28. The predicted molar refractivity (Wildman–Crippen MR) is 122 cm³/mol. The zero-order chi connectivity index (χ0) is 22.8. The molecule has 1 aliphatic heterocycles. The predicted octanol–water partition coefficient (Wildman–Crippen LogP) is 4.38. The fraction of sp³-hybridized carbons (Fsp3) is 0.360. The molecule has 0 spiro atoms. The number of amides is 1. The molecule has 1 unspecified atom stereocenters. The molecule has 3 aromatic rings. The van der Waals surface area contributed by atoms with Gasteiger partial charge in [-0.25, -0.2) is 0 Å². The monoisotopic (exact) mass is 435 g/mol. The van der Waals surface area contributed by atoms with Crippen LogP contribution in [-0.4, -0.2) is 53.0 Å². The van der Waals surface area contributed by atoms with E-state index < -0.39 is 0 Å². The maximum atomic E-state index is 13.3. The van der Waals surface area contributed by atoms with Gasteiger partial charge in [0.25, 0.3) is 5.91 Å². The first kappa shape index (κ1) is 21.9. The largest absolute Gasteiger partial charge is 0.507 e. The van der Waals surface area contributed by atoms with Gasteiger partial charge in [0, 0.05) is 24.8 Å². The van der Waals surface area contributed by atoms with Crippen LogP contribution >= 0.6 is 0 Å². The SMILES string of the molecule is CCCOc1ccc(C2c3c(-c4cc(C)cc(C)c4O)n[nH]c3C(=O)N2CCOC)cc1. The van der Waals surface area contributed by atoms with Crippen molar-refractivity contribution < 1.29 is 19.4 Å². The Bertz CT molecular complexity index is 1120. The number of carbonyl (C=O) groups excluding carboxylic acids is 1. The number of aromatic nitrogens is 2. The first-order valence-corrected chi connectivity index (χ1v) is 10.9. The molecular formula is C25H29N3O4. The highest BCUT2D eigenvalue weighted by atomic mass is 16.5. The molecule has 0 bridgehead atoms. The standard InChI is InChI=1S/C25H29N3O4/c1-5-11-32-18-8-6-17(7-9-18)23-20-21(19-14-15(2)13-16(3)24(19)29)26-27-22(20)25(30)28(23)10-12-31-4/h6-9,13-14,23,29H,5,10-12H2,1-4H3,(H,26,27). The third-order valence-corrected chi connectivity index (χ3v) is 5.77. The molecule has 32 heavy (non-hydrogen) atoms. The van der Waals surface area contributed by atoms with Crippen LogP contribution in [0.2, 0.25) is 0 Å². The van der Waals surface area contributed by atoms with E-state index in [-0.39, 0.29) is 17.7 Å². The molecule has 2 N–H and O–H groups in total. The van der Waals surface area contributed by atoms with Crippen LogP contribution in [0.15, 0.2) is 36.4 Å². The van der Waals surface area contributed by atoms with Crippen molar-refractivity contribution in [2.45, 2.75) is 33.2 Å². The molecule has 0 aliphatic carbocycles. The normalized spacial score (nSPS) is 15.3. The van der Waals surface area contributed by atoms with Gasteiger partial charge in [0.1, 0.15) is 22.9 Å². The number of nitrogens with zero attached hydrogens (tertiary/aromatic N) is 2. The molecule has 0 saturated heterocycles. The molecule has 1 aliphatic rings. The molecule has 7 nitrogen and oxygen atoms in total. The Balaban J connectivity index is 1.82. The lowest BCUT2D eigenvalue weighted by Gasteiger charge is -2.26. The number of nitrogens with one attached hydrogen (secondary N) is 1. The van der Waals surface area contributed by atoms with E-state index in [2.05, 4.69) is 17.1 Å². The summed E-state index contributed by atoms with van der Waals surface area (Å²) in [6.07, 6.45) is 0.935. The number of rotatable bonds is 8. The van der Waals surface area contributed by atoms with E-state index in [1.54, 1.807) is 12.0 Å². The van der Waals surface area contributed by atoms with E-state index in [0.717, 1.165) is 34.4 Å². The van der Waals surface area contributed by atoms with E-state index in [1.165, 1.54) is 0 Å². The minimum atomic E-state index is -0.346. The highest BCUT2D eigenvalue weighted by Gasteiger charge is 2.42. The molecular weight excluding hydrogens is 406 g/mol. The number of carbonyl (C=O) groups is 1. The zero-order valence-corrected chi connectivity index (χ0v) is 18.9. The average molecular weight is 436 g/mol. The van der Waals surface area contributed by atoms with Crippen molar-refractivity contribution in [1.29, 1.82) is 0 Å². The number of hydrogen-bond acceptors (Lipinski definition) is 5. The van der Waals surface area contributed by atoms with Gasteiger partial charge in [-0.1, -0.05) is 25.1 Å². The molecule has 168 valence electrons. The lowest BCUT2D eigenvalue weighted by molar-refractivity contribution is 0.0677. The Kier molecular flexibility index (Phi) is 6.19. The summed E-state index contributed by atoms with van der Waals surface area (Å²) in [4.78, 5) is 15.1. The first-order chi connectivity index (χ1) is 15.5. The molecule has 0 radical (unpaired) electrons. The van der Waals surface area contributed by atoms with E-state index in [9.17, 15) is 9.90 Å². The Morgan fingerprint density at radius 3 is 2.59 bits per heavy atom. The third kappa shape index (κ3) is 3.84. The number of methoxy groups -OCH3 is 1. The second-order valence-corrected chi connectivity index (χ2v) is 8.15. The van der Waals surface area contributed by atoms with Gasteiger partial charge in [-0.15, -0.1) is 0 Å². The van der Waals surface area contributed by atoms with Gasteiger partial charge in [0.05, 0.1) is 19.3 Å². The Hall–Kier alpha value is -3.32. The van der Waals surface area contributed by atoms with Crippen molar-refractivity contribution in [2.24, 2.45) is 0 Å². The summed E-state index contributed by atoms with van der Waals surface area (Å²) in [7, 11) is 1.62. The van der Waals surface area contributed by atoms with Crippen molar-refractivity contribution in [2.75, 3.05) is 26.9 Å². The summed E-state index contributed by atoms with van der Waals surface area (Å²) >= 11 is 0. The number of aromatic hydroxyl groups is 1. The van der Waals surface area contributed by atoms with Crippen LogP contribution in [0.5, 0.6) is 11.5 Å². The molecule has 4 rings (SSSR count). The highest BCUT2D eigenvalue weighted by Crippen LogP contribution is 2.45. The van der Waals surface area contributed by atoms with Crippen LogP contribution in [0.1, 0.15) is 52.1 Å². The minimum Gasteiger partial charge on any atom is -0.507 e. The lowest BCUT2D eigenvalue weighted by atomic mass is 9.94. The Morgan fingerprint density at radius 2 is 1.91 bits per heavy atom. The number of aromatic amines is 1. The van der Waals surface area contributed by atoms with Crippen molar-refractivity contribution in [3.05, 3.63) is 64.3 Å². The van der Waals surface area contributed by atoms with Gasteiger partial charge < -0.3 is 19.5 Å².